The monoisotopic (exact) mass is 441 g/mol. The van der Waals surface area contributed by atoms with Crippen molar-refractivity contribution in [2.24, 2.45) is 0 Å². The van der Waals surface area contributed by atoms with Crippen molar-refractivity contribution < 1.29 is 13.6 Å². The van der Waals surface area contributed by atoms with Crippen LogP contribution in [0.1, 0.15) is 34.1 Å². The Morgan fingerprint density at radius 1 is 1.19 bits per heavy atom. The fourth-order valence-corrected chi connectivity index (χ4v) is 3.47. The van der Waals surface area contributed by atoms with Gasteiger partial charge in [0, 0.05) is 24.5 Å². The summed E-state index contributed by atoms with van der Waals surface area (Å²) in [6.45, 7) is 2.74. The lowest BCUT2D eigenvalue weighted by atomic mass is 9.99. The van der Waals surface area contributed by atoms with Crippen molar-refractivity contribution >= 4 is 34.2 Å². The van der Waals surface area contributed by atoms with E-state index in [2.05, 4.69) is 19.9 Å². The van der Waals surface area contributed by atoms with Gasteiger partial charge in [0.25, 0.3) is 5.92 Å². The van der Waals surface area contributed by atoms with Crippen LogP contribution in [0.15, 0.2) is 42.7 Å². The average Bonchev–Trinajstić information content (AvgIpc) is 3.14. The number of aromatic nitrogens is 4. The number of Topliss-reactive ketones (excluding diaryl/α,β-unsaturated/α-hetero) is 1. The van der Waals surface area contributed by atoms with E-state index in [1.54, 1.807) is 6.07 Å². The van der Waals surface area contributed by atoms with E-state index in [4.69, 9.17) is 17.3 Å². The molecule has 31 heavy (non-hydrogen) atoms. The molecule has 2 aromatic carbocycles. The van der Waals surface area contributed by atoms with Crippen LogP contribution in [0.2, 0.25) is 5.02 Å². The van der Waals surface area contributed by atoms with Gasteiger partial charge in [-0.05, 0) is 36.2 Å². The number of rotatable bonds is 5. The van der Waals surface area contributed by atoms with Crippen LogP contribution in [0.3, 0.4) is 0 Å². The molecule has 9 heteroatoms. The number of hydrogen-bond acceptors (Lipinski definition) is 5. The maximum absolute atomic E-state index is 13.6. The van der Waals surface area contributed by atoms with Gasteiger partial charge in [0.05, 0.1) is 11.0 Å². The zero-order valence-electron chi connectivity index (χ0n) is 16.7. The molecule has 0 saturated heterocycles. The molecule has 0 saturated carbocycles. The van der Waals surface area contributed by atoms with Crippen LogP contribution in [-0.4, -0.2) is 25.7 Å². The SMILES string of the molecule is Cc1ccc(-c2nc3ccc(C(C)(F)F)cc3[nH]2)cc1CC(=O)c1ncnc(N)c1Cl. The highest BCUT2D eigenvalue weighted by Gasteiger charge is 2.25. The third-order valence-corrected chi connectivity index (χ3v) is 5.42. The molecule has 0 amide bonds. The summed E-state index contributed by atoms with van der Waals surface area (Å²) in [6, 6.07) is 9.87. The Balaban J connectivity index is 1.68. The minimum Gasteiger partial charge on any atom is -0.382 e. The Hall–Kier alpha value is -3.39. The van der Waals surface area contributed by atoms with Crippen molar-refractivity contribution in [3.63, 3.8) is 0 Å². The van der Waals surface area contributed by atoms with E-state index in [-0.39, 0.29) is 34.3 Å². The molecular weight excluding hydrogens is 424 g/mol. The van der Waals surface area contributed by atoms with Gasteiger partial charge in [0.2, 0.25) is 0 Å². The summed E-state index contributed by atoms with van der Waals surface area (Å²) in [6.07, 6.45) is 1.25. The molecule has 2 aromatic heterocycles. The molecule has 0 aliphatic carbocycles. The van der Waals surface area contributed by atoms with E-state index in [0.717, 1.165) is 23.6 Å². The van der Waals surface area contributed by atoms with Crippen molar-refractivity contribution in [2.45, 2.75) is 26.2 Å². The fourth-order valence-electron chi connectivity index (χ4n) is 3.26. The number of fused-ring (bicyclic) bond motifs is 1. The summed E-state index contributed by atoms with van der Waals surface area (Å²) < 4.78 is 27.3. The van der Waals surface area contributed by atoms with Crippen molar-refractivity contribution in [3.8, 4) is 11.4 Å². The maximum atomic E-state index is 13.6. The molecule has 158 valence electrons. The number of alkyl halides is 2. The van der Waals surface area contributed by atoms with Gasteiger partial charge < -0.3 is 10.7 Å². The second kappa shape index (κ2) is 7.70. The molecule has 0 atom stereocenters. The topological polar surface area (TPSA) is 97.5 Å². The zero-order valence-corrected chi connectivity index (χ0v) is 17.5. The number of halogens is 3. The van der Waals surface area contributed by atoms with Crippen molar-refractivity contribution in [3.05, 3.63) is 70.1 Å². The highest BCUT2D eigenvalue weighted by molar-refractivity contribution is 6.35. The number of nitrogens with two attached hydrogens (primary N) is 1. The molecule has 0 fully saturated rings. The summed E-state index contributed by atoms with van der Waals surface area (Å²) >= 11 is 6.07. The van der Waals surface area contributed by atoms with E-state index in [1.807, 2.05) is 25.1 Å². The quantitative estimate of drug-likeness (QED) is 0.420. The zero-order chi connectivity index (χ0) is 22.3. The lowest BCUT2D eigenvalue weighted by Gasteiger charge is -2.09. The molecule has 4 aromatic rings. The number of anilines is 1. The van der Waals surface area contributed by atoms with Crippen LogP contribution in [-0.2, 0) is 12.3 Å². The Kier molecular flexibility index (Phi) is 5.18. The molecule has 0 bridgehead atoms. The first-order valence-corrected chi connectivity index (χ1v) is 9.78. The summed E-state index contributed by atoms with van der Waals surface area (Å²) in [4.78, 5) is 28.0. The van der Waals surface area contributed by atoms with E-state index in [9.17, 15) is 13.6 Å². The van der Waals surface area contributed by atoms with Crippen LogP contribution in [0.4, 0.5) is 14.6 Å². The van der Waals surface area contributed by atoms with Crippen LogP contribution in [0.25, 0.3) is 22.4 Å². The largest absolute Gasteiger partial charge is 0.382 e. The molecule has 0 radical (unpaired) electrons. The minimum atomic E-state index is -2.94. The van der Waals surface area contributed by atoms with Gasteiger partial charge in [-0.2, -0.15) is 0 Å². The molecule has 0 spiro atoms. The number of carbonyl (C=O) groups excluding carboxylic acids is 1. The Morgan fingerprint density at radius 2 is 1.97 bits per heavy atom. The van der Waals surface area contributed by atoms with E-state index in [0.29, 0.717) is 16.9 Å². The predicted octanol–water partition coefficient (Wildman–Crippen LogP) is 5.10. The number of carbonyl (C=O) groups is 1. The summed E-state index contributed by atoms with van der Waals surface area (Å²) in [5.41, 5.74) is 9.11. The second-order valence-corrected chi connectivity index (χ2v) is 7.75. The van der Waals surface area contributed by atoms with E-state index < -0.39 is 5.92 Å². The molecule has 3 N–H and O–H groups in total. The number of benzene rings is 2. The predicted molar refractivity (Wildman–Crippen MR) is 115 cm³/mol. The molecule has 2 heterocycles. The maximum Gasteiger partial charge on any atom is 0.270 e. The average molecular weight is 442 g/mol. The van der Waals surface area contributed by atoms with Crippen LogP contribution >= 0.6 is 11.6 Å². The van der Waals surface area contributed by atoms with Gasteiger partial charge in [-0.1, -0.05) is 29.8 Å². The van der Waals surface area contributed by atoms with Gasteiger partial charge in [-0.3, -0.25) is 4.79 Å². The summed E-state index contributed by atoms with van der Waals surface area (Å²) in [5, 5.41) is 0.0297. The lowest BCUT2D eigenvalue weighted by molar-refractivity contribution is 0.0176. The normalized spacial score (nSPS) is 11.8. The van der Waals surface area contributed by atoms with Crippen LogP contribution in [0.5, 0.6) is 0 Å². The number of aromatic amines is 1. The number of aryl methyl sites for hydroxylation is 1. The van der Waals surface area contributed by atoms with Crippen LogP contribution < -0.4 is 5.73 Å². The van der Waals surface area contributed by atoms with Gasteiger partial charge in [0.15, 0.2) is 5.78 Å². The fraction of sp³-hybridized carbons (Fsp3) is 0.182. The number of hydrogen-bond donors (Lipinski definition) is 2. The summed E-state index contributed by atoms with van der Waals surface area (Å²) in [7, 11) is 0. The number of H-pyrrole nitrogens is 1. The first-order valence-electron chi connectivity index (χ1n) is 9.40. The highest BCUT2D eigenvalue weighted by atomic mass is 35.5. The van der Waals surface area contributed by atoms with Gasteiger partial charge in [-0.25, -0.2) is 23.7 Å². The summed E-state index contributed by atoms with van der Waals surface area (Å²) in [5.74, 6) is -2.67. The Morgan fingerprint density at radius 3 is 2.71 bits per heavy atom. The van der Waals surface area contributed by atoms with Gasteiger partial charge >= 0.3 is 0 Å². The second-order valence-electron chi connectivity index (χ2n) is 7.37. The molecular formula is C22H18ClF2N5O. The number of nitrogen functional groups attached to an aromatic ring is 1. The Bertz CT molecular complexity index is 1310. The van der Waals surface area contributed by atoms with E-state index >= 15 is 0 Å². The Labute approximate surface area is 181 Å². The van der Waals surface area contributed by atoms with E-state index in [1.165, 1.54) is 18.5 Å². The van der Waals surface area contributed by atoms with Crippen molar-refractivity contribution in [1.29, 1.82) is 0 Å². The number of nitrogens with zero attached hydrogens (tertiary/aromatic N) is 3. The molecule has 0 unspecified atom stereocenters. The minimum absolute atomic E-state index is 0.0297. The number of ketones is 1. The molecule has 4 rings (SSSR count). The lowest BCUT2D eigenvalue weighted by Crippen LogP contribution is -2.10. The van der Waals surface area contributed by atoms with Crippen molar-refractivity contribution in [2.75, 3.05) is 5.73 Å². The standard InChI is InChI=1S/C22H18ClF2N5O/c1-11-3-4-12(7-13(11)8-17(31)19-18(23)20(26)28-10-27-19)21-29-15-6-5-14(22(2,24)25)9-16(15)30-21/h3-7,9-10H,8H2,1-2H3,(H,29,30)(H2,26,27,28). The molecule has 0 aliphatic heterocycles. The number of nitrogens with one attached hydrogen (secondary N) is 1. The number of imidazole rings is 1. The molecule has 6 nitrogen and oxygen atoms in total. The van der Waals surface area contributed by atoms with Crippen molar-refractivity contribution in [1.82, 2.24) is 19.9 Å². The third kappa shape index (κ3) is 4.11. The smallest absolute Gasteiger partial charge is 0.270 e. The highest BCUT2D eigenvalue weighted by Crippen LogP contribution is 2.30. The first-order chi connectivity index (χ1) is 14.6. The molecule has 0 aliphatic rings. The van der Waals surface area contributed by atoms with Gasteiger partial charge in [0.1, 0.15) is 28.7 Å². The first kappa shape index (κ1) is 20.9. The van der Waals surface area contributed by atoms with Crippen LogP contribution in [0, 0.1) is 6.92 Å². The third-order valence-electron chi connectivity index (χ3n) is 5.04. The van der Waals surface area contributed by atoms with Gasteiger partial charge in [-0.15, -0.1) is 0 Å².